The standard InChI is InChI=1S/C22H28N6O/c1-14-11-27(12-16-8-7-15(2)23-9-16)13-19(14)20-25-21-18(22(29)26-20)10-24-28(21)17-5-3-4-6-17/h7-10,14,17,19H,3-6,11-13H2,1-2H3,(H,25,26,29)/t14-,19-/m1/s1. The Morgan fingerprint density at radius 3 is 2.76 bits per heavy atom. The summed E-state index contributed by atoms with van der Waals surface area (Å²) in [6, 6.07) is 4.58. The quantitative estimate of drug-likeness (QED) is 0.738. The van der Waals surface area contributed by atoms with Crippen LogP contribution in [0.2, 0.25) is 0 Å². The van der Waals surface area contributed by atoms with Crippen molar-refractivity contribution in [3.8, 4) is 0 Å². The minimum Gasteiger partial charge on any atom is -0.310 e. The van der Waals surface area contributed by atoms with Crippen LogP contribution in [0, 0.1) is 12.8 Å². The highest BCUT2D eigenvalue weighted by Crippen LogP contribution is 2.33. The van der Waals surface area contributed by atoms with Crippen LogP contribution in [-0.4, -0.2) is 42.7 Å². The SMILES string of the molecule is Cc1ccc(CN2C[C@@H](C)[C@H](c3nc4c(cnn4C4CCCC4)c(=O)[nH]3)C2)cn1. The molecule has 1 saturated carbocycles. The molecule has 2 fully saturated rings. The summed E-state index contributed by atoms with van der Waals surface area (Å²) in [4.78, 5) is 27.6. The second kappa shape index (κ2) is 7.37. The number of likely N-dealkylation sites (tertiary alicyclic amines) is 1. The maximum Gasteiger partial charge on any atom is 0.262 e. The molecule has 0 spiro atoms. The average Bonchev–Trinajstić information content (AvgIpc) is 3.43. The predicted molar refractivity (Wildman–Crippen MR) is 112 cm³/mol. The van der Waals surface area contributed by atoms with E-state index in [1.54, 1.807) is 6.20 Å². The van der Waals surface area contributed by atoms with Gasteiger partial charge in [-0.3, -0.25) is 14.7 Å². The number of aromatic nitrogens is 5. The summed E-state index contributed by atoms with van der Waals surface area (Å²) in [5.74, 6) is 1.45. The van der Waals surface area contributed by atoms with Gasteiger partial charge in [0.25, 0.3) is 5.56 Å². The highest BCUT2D eigenvalue weighted by atomic mass is 16.1. The molecular formula is C22H28N6O. The molecule has 0 unspecified atom stereocenters. The Hall–Kier alpha value is -2.54. The minimum atomic E-state index is -0.0670. The largest absolute Gasteiger partial charge is 0.310 e. The molecule has 0 aromatic carbocycles. The number of hydrogen-bond acceptors (Lipinski definition) is 5. The summed E-state index contributed by atoms with van der Waals surface area (Å²) in [6.07, 6.45) is 8.34. The fourth-order valence-corrected chi connectivity index (χ4v) is 4.95. The van der Waals surface area contributed by atoms with E-state index in [2.05, 4.69) is 39.0 Å². The normalized spacial score (nSPS) is 23.4. The van der Waals surface area contributed by atoms with Gasteiger partial charge < -0.3 is 4.98 Å². The van der Waals surface area contributed by atoms with E-state index >= 15 is 0 Å². The van der Waals surface area contributed by atoms with Gasteiger partial charge in [-0.25, -0.2) is 9.67 Å². The maximum atomic E-state index is 12.7. The van der Waals surface area contributed by atoms with E-state index < -0.39 is 0 Å². The Labute approximate surface area is 170 Å². The maximum absolute atomic E-state index is 12.7. The zero-order chi connectivity index (χ0) is 20.0. The Morgan fingerprint density at radius 1 is 1.17 bits per heavy atom. The molecule has 0 radical (unpaired) electrons. The van der Waals surface area contributed by atoms with Crippen molar-refractivity contribution in [3.63, 3.8) is 0 Å². The molecule has 2 aliphatic rings. The Kier molecular flexibility index (Phi) is 4.70. The van der Waals surface area contributed by atoms with Crippen molar-refractivity contribution in [2.75, 3.05) is 13.1 Å². The minimum absolute atomic E-state index is 0.0670. The monoisotopic (exact) mass is 392 g/mol. The number of H-pyrrole nitrogens is 1. The Morgan fingerprint density at radius 2 is 2.00 bits per heavy atom. The lowest BCUT2D eigenvalue weighted by Crippen LogP contribution is -2.22. The first-order valence-electron chi connectivity index (χ1n) is 10.7. The molecular weight excluding hydrogens is 364 g/mol. The van der Waals surface area contributed by atoms with E-state index in [0.29, 0.717) is 17.3 Å². The second-order valence-corrected chi connectivity index (χ2v) is 8.80. The predicted octanol–water partition coefficient (Wildman–Crippen LogP) is 3.17. The van der Waals surface area contributed by atoms with Crippen LogP contribution in [0.4, 0.5) is 0 Å². The van der Waals surface area contributed by atoms with Gasteiger partial charge in [0, 0.05) is 37.4 Å². The molecule has 2 atom stereocenters. The molecule has 1 N–H and O–H groups in total. The molecule has 3 aromatic heterocycles. The summed E-state index contributed by atoms with van der Waals surface area (Å²) < 4.78 is 2.00. The molecule has 5 rings (SSSR count). The first kappa shape index (κ1) is 18.5. The number of pyridine rings is 1. The van der Waals surface area contributed by atoms with Crippen LogP contribution in [0.25, 0.3) is 11.0 Å². The first-order chi connectivity index (χ1) is 14.1. The van der Waals surface area contributed by atoms with Gasteiger partial charge in [0.05, 0.1) is 12.2 Å². The number of nitrogens with zero attached hydrogens (tertiary/aromatic N) is 5. The Balaban J connectivity index is 1.41. The van der Waals surface area contributed by atoms with Crippen molar-refractivity contribution in [1.82, 2.24) is 29.6 Å². The molecule has 1 aliphatic carbocycles. The number of rotatable bonds is 4. The highest BCUT2D eigenvalue weighted by Gasteiger charge is 2.33. The molecule has 0 bridgehead atoms. The third-order valence-corrected chi connectivity index (χ3v) is 6.57. The topological polar surface area (TPSA) is 79.7 Å². The Bertz CT molecular complexity index is 1060. The third kappa shape index (κ3) is 3.48. The molecule has 3 aromatic rings. The lowest BCUT2D eigenvalue weighted by Gasteiger charge is -2.16. The molecule has 152 valence electrons. The van der Waals surface area contributed by atoms with E-state index in [1.807, 2.05) is 17.8 Å². The number of aromatic amines is 1. The van der Waals surface area contributed by atoms with Crippen LogP contribution in [0.3, 0.4) is 0 Å². The van der Waals surface area contributed by atoms with Gasteiger partial charge in [0.15, 0.2) is 5.65 Å². The van der Waals surface area contributed by atoms with Crippen LogP contribution in [-0.2, 0) is 6.54 Å². The van der Waals surface area contributed by atoms with Crippen molar-refractivity contribution in [1.29, 1.82) is 0 Å². The number of hydrogen-bond donors (Lipinski definition) is 1. The van der Waals surface area contributed by atoms with Gasteiger partial charge in [0.2, 0.25) is 0 Å². The summed E-state index contributed by atoms with van der Waals surface area (Å²) >= 11 is 0. The zero-order valence-corrected chi connectivity index (χ0v) is 17.1. The van der Waals surface area contributed by atoms with Crippen molar-refractivity contribution < 1.29 is 0 Å². The number of fused-ring (bicyclic) bond motifs is 1. The van der Waals surface area contributed by atoms with E-state index in [-0.39, 0.29) is 11.5 Å². The van der Waals surface area contributed by atoms with Crippen LogP contribution in [0.1, 0.15) is 61.6 Å². The summed E-state index contributed by atoms with van der Waals surface area (Å²) in [6.45, 7) is 7.01. The molecule has 1 saturated heterocycles. The average molecular weight is 393 g/mol. The third-order valence-electron chi connectivity index (χ3n) is 6.57. The summed E-state index contributed by atoms with van der Waals surface area (Å²) in [5, 5.41) is 5.13. The number of nitrogens with one attached hydrogen (secondary N) is 1. The van der Waals surface area contributed by atoms with Gasteiger partial charge in [-0.2, -0.15) is 5.10 Å². The lowest BCUT2D eigenvalue weighted by molar-refractivity contribution is 0.318. The summed E-state index contributed by atoms with van der Waals surface area (Å²) in [7, 11) is 0. The van der Waals surface area contributed by atoms with E-state index in [1.165, 1.54) is 18.4 Å². The van der Waals surface area contributed by atoms with Crippen molar-refractivity contribution in [3.05, 3.63) is 52.0 Å². The van der Waals surface area contributed by atoms with Crippen LogP contribution < -0.4 is 5.56 Å². The van der Waals surface area contributed by atoms with Gasteiger partial charge in [-0.15, -0.1) is 0 Å². The van der Waals surface area contributed by atoms with Gasteiger partial charge >= 0.3 is 0 Å². The van der Waals surface area contributed by atoms with Crippen molar-refractivity contribution >= 4 is 11.0 Å². The van der Waals surface area contributed by atoms with E-state index in [0.717, 1.165) is 49.6 Å². The first-order valence-corrected chi connectivity index (χ1v) is 10.7. The number of aryl methyl sites for hydroxylation is 1. The van der Waals surface area contributed by atoms with Gasteiger partial charge in [-0.05, 0) is 37.3 Å². The second-order valence-electron chi connectivity index (χ2n) is 8.80. The summed E-state index contributed by atoms with van der Waals surface area (Å²) in [5.41, 5.74) is 2.95. The molecule has 29 heavy (non-hydrogen) atoms. The smallest absolute Gasteiger partial charge is 0.262 e. The van der Waals surface area contributed by atoms with Crippen LogP contribution in [0.5, 0.6) is 0 Å². The highest BCUT2D eigenvalue weighted by molar-refractivity contribution is 5.73. The molecule has 0 amide bonds. The van der Waals surface area contributed by atoms with Crippen LogP contribution >= 0.6 is 0 Å². The van der Waals surface area contributed by atoms with Gasteiger partial charge in [-0.1, -0.05) is 25.8 Å². The fraction of sp³-hybridized carbons (Fsp3) is 0.545. The molecule has 1 aliphatic heterocycles. The van der Waals surface area contributed by atoms with Crippen molar-refractivity contribution in [2.24, 2.45) is 5.92 Å². The molecule has 4 heterocycles. The van der Waals surface area contributed by atoms with Gasteiger partial charge in [0.1, 0.15) is 11.2 Å². The van der Waals surface area contributed by atoms with E-state index in [4.69, 9.17) is 4.98 Å². The molecule has 7 heteroatoms. The lowest BCUT2D eigenvalue weighted by atomic mass is 9.97. The van der Waals surface area contributed by atoms with Crippen molar-refractivity contribution in [2.45, 2.75) is 58.0 Å². The van der Waals surface area contributed by atoms with E-state index in [9.17, 15) is 4.79 Å². The zero-order valence-electron chi connectivity index (χ0n) is 17.1. The fourth-order valence-electron chi connectivity index (χ4n) is 4.95. The molecule has 7 nitrogen and oxygen atoms in total. The van der Waals surface area contributed by atoms with Crippen LogP contribution in [0.15, 0.2) is 29.3 Å².